The van der Waals surface area contributed by atoms with Gasteiger partial charge in [-0.1, -0.05) is 18.2 Å². The minimum absolute atomic E-state index is 0.0948. The Bertz CT molecular complexity index is 1020. The molecule has 0 aliphatic carbocycles. The summed E-state index contributed by atoms with van der Waals surface area (Å²) in [5.74, 6) is 1.31. The van der Waals surface area contributed by atoms with E-state index in [1.807, 2.05) is 31.2 Å². The highest BCUT2D eigenvalue weighted by Crippen LogP contribution is 2.29. The number of methoxy groups -OCH3 is 1. The van der Waals surface area contributed by atoms with Crippen LogP contribution in [-0.4, -0.2) is 42.4 Å². The number of benzene rings is 2. The van der Waals surface area contributed by atoms with Gasteiger partial charge in [0, 0.05) is 29.9 Å². The standard InChI is InChI=1S/C21H23N5O4/c1-3-22-20(27)13-30-15-8-6-7-14(11-15)23-21(28)24-19-12-17(25-26-19)16-9-4-5-10-18(16)29-2/h4-12H,3,13H2,1-2H3,(H,22,27)(H3,23,24,25,26,28). The number of aromatic amines is 1. The number of hydrogen-bond acceptors (Lipinski definition) is 5. The fraction of sp³-hybridized carbons (Fsp3) is 0.190. The predicted octanol–water partition coefficient (Wildman–Crippen LogP) is 3.24. The monoisotopic (exact) mass is 409 g/mol. The van der Waals surface area contributed by atoms with Gasteiger partial charge in [0.15, 0.2) is 12.4 Å². The lowest BCUT2D eigenvalue weighted by molar-refractivity contribution is -0.122. The molecule has 0 bridgehead atoms. The van der Waals surface area contributed by atoms with E-state index in [0.29, 0.717) is 35.2 Å². The van der Waals surface area contributed by atoms with Crippen molar-refractivity contribution >= 4 is 23.4 Å². The first-order chi connectivity index (χ1) is 14.6. The van der Waals surface area contributed by atoms with Crippen molar-refractivity contribution in [2.24, 2.45) is 0 Å². The summed E-state index contributed by atoms with van der Waals surface area (Å²) in [5.41, 5.74) is 2.06. The fourth-order valence-corrected chi connectivity index (χ4v) is 2.73. The molecule has 9 heteroatoms. The van der Waals surface area contributed by atoms with Crippen molar-refractivity contribution in [1.29, 1.82) is 0 Å². The number of H-pyrrole nitrogens is 1. The number of nitrogens with zero attached hydrogens (tertiary/aromatic N) is 1. The van der Waals surface area contributed by atoms with Crippen LogP contribution in [0.2, 0.25) is 0 Å². The molecule has 4 N–H and O–H groups in total. The molecule has 0 aliphatic heterocycles. The molecule has 0 saturated carbocycles. The van der Waals surface area contributed by atoms with Crippen LogP contribution in [0.1, 0.15) is 6.92 Å². The molecular weight excluding hydrogens is 386 g/mol. The van der Waals surface area contributed by atoms with Gasteiger partial charge in [-0.15, -0.1) is 0 Å². The molecule has 0 atom stereocenters. The third-order valence-corrected chi connectivity index (χ3v) is 4.05. The Balaban J connectivity index is 1.59. The average molecular weight is 409 g/mol. The lowest BCUT2D eigenvalue weighted by atomic mass is 10.1. The third kappa shape index (κ3) is 5.51. The number of urea groups is 1. The van der Waals surface area contributed by atoms with E-state index in [1.54, 1.807) is 37.4 Å². The van der Waals surface area contributed by atoms with Crippen LogP contribution in [0.15, 0.2) is 54.6 Å². The van der Waals surface area contributed by atoms with Crippen LogP contribution >= 0.6 is 0 Å². The Hall–Kier alpha value is -4.01. The first-order valence-corrected chi connectivity index (χ1v) is 9.35. The molecule has 1 heterocycles. The van der Waals surface area contributed by atoms with Crippen LogP contribution in [0.3, 0.4) is 0 Å². The van der Waals surface area contributed by atoms with Crippen LogP contribution < -0.4 is 25.4 Å². The Kier molecular flexibility index (Phi) is 6.88. The minimum atomic E-state index is -0.464. The largest absolute Gasteiger partial charge is 0.496 e. The quantitative estimate of drug-likeness (QED) is 0.456. The van der Waals surface area contributed by atoms with E-state index in [0.717, 1.165) is 5.56 Å². The predicted molar refractivity (Wildman–Crippen MR) is 114 cm³/mol. The Morgan fingerprint density at radius 1 is 1.07 bits per heavy atom. The first-order valence-electron chi connectivity index (χ1n) is 9.35. The molecule has 1 aromatic heterocycles. The van der Waals surface area contributed by atoms with Crippen LogP contribution in [0.4, 0.5) is 16.3 Å². The van der Waals surface area contributed by atoms with Gasteiger partial charge in [-0.2, -0.15) is 5.10 Å². The normalized spacial score (nSPS) is 10.2. The van der Waals surface area contributed by atoms with E-state index in [2.05, 4.69) is 26.1 Å². The van der Waals surface area contributed by atoms with Crippen LogP contribution in [-0.2, 0) is 4.79 Å². The number of nitrogens with one attached hydrogen (secondary N) is 4. The maximum Gasteiger partial charge on any atom is 0.324 e. The highest BCUT2D eigenvalue weighted by atomic mass is 16.5. The summed E-state index contributed by atoms with van der Waals surface area (Å²) in [5, 5.41) is 15.0. The highest BCUT2D eigenvalue weighted by molar-refractivity contribution is 5.99. The average Bonchev–Trinajstić information content (AvgIpc) is 3.20. The molecule has 0 radical (unpaired) electrons. The number of amides is 3. The van der Waals surface area contributed by atoms with Crippen molar-refractivity contribution in [2.45, 2.75) is 6.92 Å². The molecule has 0 aliphatic rings. The number of likely N-dealkylation sites (N-methyl/N-ethyl adjacent to an activating group) is 1. The zero-order valence-corrected chi connectivity index (χ0v) is 16.7. The molecule has 30 heavy (non-hydrogen) atoms. The molecule has 0 unspecified atom stereocenters. The minimum Gasteiger partial charge on any atom is -0.496 e. The van der Waals surface area contributed by atoms with Gasteiger partial charge in [-0.25, -0.2) is 4.79 Å². The number of carbonyl (C=O) groups is 2. The number of para-hydroxylation sites is 1. The molecule has 0 fully saturated rings. The summed E-state index contributed by atoms with van der Waals surface area (Å²) in [7, 11) is 1.59. The number of rotatable bonds is 8. The molecule has 156 valence electrons. The highest BCUT2D eigenvalue weighted by Gasteiger charge is 2.11. The summed E-state index contributed by atoms with van der Waals surface area (Å²) in [6.07, 6.45) is 0. The maximum atomic E-state index is 12.3. The molecule has 9 nitrogen and oxygen atoms in total. The van der Waals surface area contributed by atoms with Crippen molar-refractivity contribution in [2.75, 3.05) is 30.9 Å². The summed E-state index contributed by atoms with van der Waals surface area (Å²) in [4.78, 5) is 23.8. The molecule has 3 rings (SSSR count). The number of aromatic nitrogens is 2. The summed E-state index contributed by atoms with van der Waals surface area (Å²) >= 11 is 0. The lowest BCUT2D eigenvalue weighted by Gasteiger charge is -2.09. The van der Waals surface area contributed by atoms with Crippen molar-refractivity contribution < 1.29 is 19.1 Å². The van der Waals surface area contributed by atoms with E-state index < -0.39 is 6.03 Å². The maximum absolute atomic E-state index is 12.3. The van der Waals surface area contributed by atoms with Crippen LogP contribution in [0.25, 0.3) is 11.3 Å². The zero-order chi connectivity index (χ0) is 21.3. The second-order valence-electron chi connectivity index (χ2n) is 6.22. The summed E-state index contributed by atoms with van der Waals surface area (Å²) < 4.78 is 10.8. The number of ether oxygens (including phenoxy) is 2. The molecule has 0 spiro atoms. The molecule has 2 aromatic carbocycles. The van der Waals surface area contributed by atoms with Gasteiger partial charge in [0.25, 0.3) is 5.91 Å². The van der Waals surface area contributed by atoms with Gasteiger partial charge in [-0.3, -0.25) is 15.2 Å². The van der Waals surface area contributed by atoms with Crippen LogP contribution in [0.5, 0.6) is 11.5 Å². The van der Waals surface area contributed by atoms with Crippen molar-refractivity contribution in [1.82, 2.24) is 15.5 Å². The Morgan fingerprint density at radius 2 is 1.90 bits per heavy atom. The van der Waals surface area contributed by atoms with Crippen molar-refractivity contribution in [3.63, 3.8) is 0 Å². The van der Waals surface area contributed by atoms with E-state index in [1.165, 1.54) is 0 Å². The fourth-order valence-electron chi connectivity index (χ4n) is 2.73. The molecular formula is C21H23N5O4. The SMILES string of the molecule is CCNC(=O)COc1cccc(NC(=O)Nc2cc(-c3ccccc3OC)[nH]n2)c1. The molecule has 3 aromatic rings. The van der Waals surface area contributed by atoms with E-state index in [-0.39, 0.29) is 12.5 Å². The number of hydrogen-bond donors (Lipinski definition) is 4. The van der Waals surface area contributed by atoms with Crippen molar-refractivity contribution in [3.05, 3.63) is 54.6 Å². The van der Waals surface area contributed by atoms with Gasteiger partial charge in [0.05, 0.1) is 12.8 Å². The van der Waals surface area contributed by atoms with Gasteiger partial charge >= 0.3 is 6.03 Å². The summed E-state index contributed by atoms with van der Waals surface area (Å²) in [6, 6.07) is 15.5. The number of carbonyl (C=O) groups excluding carboxylic acids is 2. The van der Waals surface area contributed by atoms with E-state index in [4.69, 9.17) is 9.47 Å². The second-order valence-corrected chi connectivity index (χ2v) is 6.22. The molecule has 0 saturated heterocycles. The lowest BCUT2D eigenvalue weighted by Crippen LogP contribution is -2.28. The Morgan fingerprint density at radius 3 is 2.70 bits per heavy atom. The topological polar surface area (TPSA) is 117 Å². The van der Waals surface area contributed by atoms with E-state index >= 15 is 0 Å². The van der Waals surface area contributed by atoms with Crippen molar-refractivity contribution in [3.8, 4) is 22.8 Å². The van der Waals surface area contributed by atoms with Gasteiger partial charge in [0.1, 0.15) is 11.5 Å². The summed E-state index contributed by atoms with van der Waals surface area (Å²) in [6.45, 7) is 2.28. The molecule has 3 amide bonds. The third-order valence-electron chi connectivity index (χ3n) is 4.05. The Labute approximate surface area is 173 Å². The van der Waals surface area contributed by atoms with E-state index in [9.17, 15) is 9.59 Å². The van der Waals surface area contributed by atoms with Crippen LogP contribution in [0, 0.1) is 0 Å². The second kappa shape index (κ2) is 9.97. The smallest absolute Gasteiger partial charge is 0.324 e. The first kappa shape index (κ1) is 20.7. The zero-order valence-electron chi connectivity index (χ0n) is 16.7. The van der Waals surface area contributed by atoms with Gasteiger partial charge in [0.2, 0.25) is 0 Å². The van der Waals surface area contributed by atoms with Gasteiger partial charge < -0.3 is 20.1 Å². The number of anilines is 2. The van der Waals surface area contributed by atoms with Gasteiger partial charge in [-0.05, 0) is 31.2 Å².